The smallest absolute Gasteiger partial charge is 0.208 e. The fraction of sp³-hybridized carbons (Fsp3) is 0.455. The van der Waals surface area contributed by atoms with E-state index in [-0.39, 0.29) is 6.04 Å². The number of hydrogen-bond donors (Lipinski definition) is 1. The first-order chi connectivity index (χ1) is 7.49. The van der Waals surface area contributed by atoms with Gasteiger partial charge in [0.15, 0.2) is 0 Å². The topological polar surface area (TPSA) is 46.2 Å². The van der Waals surface area contributed by atoms with Gasteiger partial charge in [0.1, 0.15) is 0 Å². The Morgan fingerprint density at radius 2 is 1.88 bits per heavy atom. The number of sulfonamides is 1. The summed E-state index contributed by atoms with van der Waals surface area (Å²) in [5, 5.41) is 0. The van der Waals surface area contributed by atoms with Crippen LogP contribution >= 0.6 is 11.8 Å². The van der Waals surface area contributed by atoms with E-state index in [4.69, 9.17) is 0 Å². The Morgan fingerprint density at radius 3 is 2.31 bits per heavy atom. The highest BCUT2D eigenvalue weighted by atomic mass is 32.2. The molecule has 0 aromatic heterocycles. The second kappa shape index (κ2) is 5.70. The van der Waals surface area contributed by atoms with Crippen molar-refractivity contribution in [2.45, 2.75) is 36.1 Å². The van der Waals surface area contributed by atoms with Crippen molar-refractivity contribution in [3.8, 4) is 0 Å². The van der Waals surface area contributed by atoms with Gasteiger partial charge in [0.05, 0.1) is 4.90 Å². The Bertz CT molecular complexity index is 426. The number of benzene rings is 1. The zero-order valence-electron chi connectivity index (χ0n) is 9.73. The van der Waals surface area contributed by atoms with Gasteiger partial charge in [0.25, 0.3) is 0 Å². The molecule has 1 N–H and O–H groups in total. The first kappa shape index (κ1) is 13.5. The summed E-state index contributed by atoms with van der Waals surface area (Å²) in [4.78, 5) is 1.38. The van der Waals surface area contributed by atoms with E-state index in [1.807, 2.05) is 32.2 Å². The van der Waals surface area contributed by atoms with Gasteiger partial charge in [0, 0.05) is 10.9 Å². The van der Waals surface area contributed by atoms with Crippen molar-refractivity contribution in [2.24, 2.45) is 0 Å². The fourth-order valence-electron chi connectivity index (χ4n) is 1.17. The zero-order valence-corrected chi connectivity index (χ0v) is 11.4. The van der Waals surface area contributed by atoms with Gasteiger partial charge in [-0.05, 0) is 43.9 Å². The molecule has 3 nitrogen and oxygen atoms in total. The summed E-state index contributed by atoms with van der Waals surface area (Å²) in [5.41, 5.74) is 0. The van der Waals surface area contributed by atoms with E-state index in [9.17, 15) is 8.42 Å². The highest BCUT2D eigenvalue weighted by Gasteiger charge is 2.15. The lowest BCUT2D eigenvalue weighted by Gasteiger charge is -2.12. The van der Waals surface area contributed by atoms with E-state index in [0.717, 1.165) is 11.3 Å². The average molecular weight is 259 g/mol. The zero-order chi connectivity index (χ0) is 12.2. The van der Waals surface area contributed by atoms with Crippen LogP contribution < -0.4 is 4.72 Å². The Labute approximate surface area is 102 Å². The molecule has 5 heteroatoms. The molecule has 90 valence electrons. The molecule has 0 heterocycles. The lowest BCUT2D eigenvalue weighted by atomic mass is 10.3. The second-order valence-corrected chi connectivity index (χ2v) is 6.20. The Morgan fingerprint density at radius 1 is 1.31 bits per heavy atom. The van der Waals surface area contributed by atoms with Crippen molar-refractivity contribution in [1.82, 2.24) is 4.72 Å². The van der Waals surface area contributed by atoms with Gasteiger partial charge in [-0.15, -0.1) is 11.8 Å². The third kappa shape index (κ3) is 3.50. The van der Waals surface area contributed by atoms with E-state index in [0.29, 0.717) is 4.90 Å². The van der Waals surface area contributed by atoms with E-state index < -0.39 is 10.0 Å². The predicted octanol–water partition coefficient (Wildman–Crippen LogP) is 2.49. The third-order valence-electron chi connectivity index (χ3n) is 2.34. The molecular weight excluding hydrogens is 242 g/mol. The average Bonchev–Trinajstić information content (AvgIpc) is 2.28. The predicted molar refractivity (Wildman–Crippen MR) is 68.3 cm³/mol. The molecule has 0 spiro atoms. The van der Waals surface area contributed by atoms with Crippen molar-refractivity contribution in [1.29, 1.82) is 0 Å². The van der Waals surface area contributed by atoms with Crippen LogP contribution in [0.1, 0.15) is 20.3 Å². The molecule has 1 unspecified atom stereocenters. The van der Waals surface area contributed by atoms with Crippen LogP contribution in [0.25, 0.3) is 0 Å². The van der Waals surface area contributed by atoms with Gasteiger partial charge in [-0.3, -0.25) is 0 Å². The Hall–Kier alpha value is -0.520. The van der Waals surface area contributed by atoms with Crippen LogP contribution in [0, 0.1) is 0 Å². The van der Waals surface area contributed by atoms with Crippen molar-refractivity contribution < 1.29 is 8.42 Å². The summed E-state index contributed by atoms with van der Waals surface area (Å²) in [7, 11) is -3.36. The van der Waals surface area contributed by atoms with Crippen LogP contribution in [0.15, 0.2) is 34.1 Å². The summed E-state index contributed by atoms with van der Waals surface area (Å²) in [6, 6.07) is 6.86. The van der Waals surface area contributed by atoms with Crippen molar-refractivity contribution in [3.05, 3.63) is 24.3 Å². The molecule has 0 saturated heterocycles. The van der Waals surface area contributed by atoms with Crippen LogP contribution in [-0.4, -0.2) is 20.7 Å². The first-order valence-corrected chi connectivity index (χ1v) is 7.86. The molecule has 0 saturated carbocycles. The molecule has 0 aliphatic heterocycles. The van der Waals surface area contributed by atoms with E-state index in [1.165, 1.54) is 0 Å². The largest absolute Gasteiger partial charge is 0.240 e. The summed E-state index contributed by atoms with van der Waals surface area (Å²) >= 11 is 1.59. The van der Waals surface area contributed by atoms with Crippen LogP contribution in [0.4, 0.5) is 0 Å². The Balaban J connectivity index is 2.90. The molecule has 0 aliphatic carbocycles. The summed E-state index contributed by atoms with van der Waals surface area (Å²) in [6.45, 7) is 3.80. The molecule has 1 atom stereocenters. The van der Waals surface area contributed by atoms with Crippen molar-refractivity contribution in [2.75, 3.05) is 6.26 Å². The minimum atomic E-state index is -3.36. The summed E-state index contributed by atoms with van der Waals surface area (Å²) in [5.74, 6) is 0. The SMILES string of the molecule is CCC(C)NS(=O)(=O)c1ccc(SC)cc1. The number of nitrogens with one attached hydrogen (secondary N) is 1. The van der Waals surface area contributed by atoms with Crippen LogP contribution in [0.5, 0.6) is 0 Å². The molecule has 0 radical (unpaired) electrons. The lowest BCUT2D eigenvalue weighted by Crippen LogP contribution is -2.31. The van der Waals surface area contributed by atoms with E-state index >= 15 is 0 Å². The molecule has 16 heavy (non-hydrogen) atoms. The van der Waals surface area contributed by atoms with Gasteiger partial charge in [-0.25, -0.2) is 13.1 Å². The maximum Gasteiger partial charge on any atom is 0.240 e. The van der Waals surface area contributed by atoms with Gasteiger partial charge in [0.2, 0.25) is 10.0 Å². The summed E-state index contributed by atoms with van der Waals surface area (Å²) in [6.07, 6.45) is 2.74. The number of rotatable bonds is 5. The normalized spacial score (nSPS) is 13.7. The van der Waals surface area contributed by atoms with Crippen LogP contribution in [0.3, 0.4) is 0 Å². The monoisotopic (exact) mass is 259 g/mol. The maximum absolute atomic E-state index is 11.9. The quantitative estimate of drug-likeness (QED) is 0.826. The molecule has 0 bridgehead atoms. The van der Waals surface area contributed by atoms with E-state index in [2.05, 4.69) is 4.72 Å². The van der Waals surface area contributed by atoms with Gasteiger partial charge < -0.3 is 0 Å². The molecule has 1 aromatic rings. The number of hydrogen-bond acceptors (Lipinski definition) is 3. The minimum absolute atomic E-state index is 0.0368. The molecular formula is C11H17NO2S2. The molecule has 1 aromatic carbocycles. The van der Waals surface area contributed by atoms with Crippen LogP contribution in [-0.2, 0) is 10.0 Å². The lowest BCUT2D eigenvalue weighted by molar-refractivity contribution is 0.556. The molecule has 0 fully saturated rings. The maximum atomic E-state index is 11.9. The first-order valence-electron chi connectivity index (χ1n) is 5.16. The Kier molecular flexibility index (Phi) is 4.83. The van der Waals surface area contributed by atoms with E-state index in [1.54, 1.807) is 23.9 Å². The highest BCUT2D eigenvalue weighted by molar-refractivity contribution is 7.98. The molecule has 1 rings (SSSR count). The van der Waals surface area contributed by atoms with Gasteiger partial charge >= 0.3 is 0 Å². The highest BCUT2D eigenvalue weighted by Crippen LogP contribution is 2.17. The second-order valence-electron chi connectivity index (χ2n) is 3.61. The third-order valence-corrected chi connectivity index (χ3v) is 4.69. The van der Waals surface area contributed by atoms with Gasteiger partial charge in [-0.1, -0.05) is 6.92 Å². The fourth-order valence-corrected chi connectivity index (χ4v) is 2.91. The summed E-state index contributed by atoms with van der Waals surface area (Å²) < 4.78 is 26.4. The van der Waals surface area contributed by atoms with Crippen molar-refractivity contribution >= 4 is 21.8 Å². The van der Waals surface area contributed by atoms with Crippen LogP contribution in [0.2, 0.25) is 0 Å². The standard InChI is InChI=1S/C11H17NO2S2/c1-4-9(2)12-16(13,14)11-7-5-10(15-3)6-8-11/h5-9,12H,4H2,1-3H3. The van der Waals surface area contributed by atoms with Crippen molar-refractivity contribution in [3.63, 3.8) is 0 Å². The molecule has 0 aliphatic rings. The van der Waals surface area contributed by atoms with Gasteiger partial charge in [-0.2, -0.15) is 0 Å². The minimum Gasteiger partial charge on any atom is -0.208 e. The molecule has 0 amide bonds. The number of thioether (sulfide) groups is 1.